The minimum atomic E-state index is -5.58. The average Bonchev–Trinajstić information content (AvgIpc) is 3.94. The van der Waals surface area contributed by atoms with Crippen LogP contribution in [0.5, 0.6) is 0 Å². The number of aliphatic hydroxyl groups is 2. The maximum Gasteiger partial charge on any atom is 0.481 e. The Hall–Kier alpha value is -3.03. The molecule has 0 radical (unpaired) electrons. The van der Waals surface area contributed by atoms with Gasteiger partial charge in [0.25, 0.3) is 0 Å². The molecule has 3 heterocycles. The van der Waals surface area contributed by atoms with Crippen molar-refractivity contribution in [3.05, 3.63) is 24.8 Å². The van der Waals surface area contributed by atoms with E-state index >= 15 is 0 Å². The fraction of sp³-hybridized carbons (Fsp3) is 0.718. The van der Waals surface area contributed by atoms with Crippen LogP contribution in [0.3, 0.4) is 0 Å². The highest BCUT2D eigenvalue weighted by molar-refractivity contribution is 8.13. The van der Waals surface area contributed by atoms with Crippen molar-refractivity contribution in [1.82, 2.24) is 30.2 Å². The summed E-state index contributed by atoms with van der Waals surface area (Å²) in [5.41, 5.74) is 4.27. The number of ketones is 1. The van der Waals surface area contributed by atoms with Gasteiger partial charge in [0.15, 0.2) is 22.8 Å². The van der Waals surface area contributed by atoms with E-state index < -0.39 is 84.6 Å². The smallest absolute Gasteiger partial charge is 0.386 e. The lowest BCUT2D eigenvalue weighted by Crippen LogP contribution is -2.46. The number of fused-ring (bicyclic) bond motifs is 1. The van der Waals surface area contributed by atoms with Gasteiger partial charge in [0.2, 0.25) is 11.8 Å². The molecule has 0 aromatic carbocycles. The molecule has 0 bridgehead atoms. The topological polar surface area (TPSA) is 381 Å². The van der Waals surface area contributed by atoms with Crippen molar-refractivity contribution in [2.45, 2.75) is 128 Å². The number of phosphoric ester groups is 3. The van der Waals surface area contributed by atoms with Gasteiger partial charge >= 0.3 is 23.5 Å². The number of rotatable bonds is 30. The number of phosphoric acid groups is 3. The van der Waals surface area contributed by atoms with Crippen molar-refractivity contribution >= 4 is 74.9 Å². The molecule has 1 aliphatic carbocycles. The number of nitrogens with two attached hydrogens (primary N) is 1. The van der Waals surface area contributed by atoms with Crippen LogP contribution in [0.1, 0.15) is 104 Å². The minimum Gasteiger partial charge on any atom is -0.386 e. The number of hydrogen-bond acceptors (Lipinski definition) is 19. The van der Waals surface area contributed by atoms with Gasteiger partial charge in [-0.3, -0.25) is 37.3 Å². The molecule has 0 spiro atoms. The molecule has 4 rings (SSSR count). The lowest BCUT2D eigenvalue weighted by molar-refractivity contribution is -0.137. The van der Waals surface area contributed by atoms with Crippen molar-refractivity contribution in [3.63, 3.8) is 0 Å². The van der Waals surface area contributed by atoms with E-state index in [1.54, 1.807) is 0 Å². The number of carbonyl (C=O) groups excluding carboxylic acids is 4. The molecule has 1 saturated carbocycles. The molecule has 2 aromatic rings. The first-order valence-electron chi connectivity index (χ1n) is 22.2. The van der Waals surface area contributed by atoms with Crippen molar-refractivity contribution in [2.75, 3.05) is 37.8 Å². The van der Waals surface area contributed by atoms with E-state index in [9.17, 15) is 62.7 Å². The summed E-state index contributed by atoms with van der Waals surface area (Å²) in [6.45, 7) is 2.59. The standard InChI is InChI=1S/C39H64N7O18P3S/c1-4-5-9-13-26-25(15-16-27(26)47)12-10-7-6-8-11-14-30(49)68-20-19-41-29(48)17-18-42-37(52)34(51)39(2,3)22-61-67(58,59)64-66(56,57)60-21-28-33(63-65(53,54)55)32(50)38(62-28)46-24-45-31-35(40)43-23-44-36(31)46/h5,9,23-26,28,32-34,38,50-51H,4,6-8,10-22H2,1-3H3,(H,41,48)(H,42,52)(H,56,57)(H,58,59)(H2,40,43,44)(H2,53,54,55)/b9-5-/t25-,26-,28+,32+,33+,34?,38+/m0/s1. The van der Waals surface area contributed by atoms with Crippen LogP contribution in [-0.4, -0.2) is 128 Å². The molecule has 1 aliphatic heterocycles. The van der Waals surface area contributed by atoms with Crippen LogP contribution >= 0.6 is 35.2 Å². The molecule has 2 amide bonds. The maximum atomic E-state index is 12.7. The molecular formula is C39H64N7O18P3S. The van der Waals surface area contributed by atoms with Crippen LogP contribution in [0.2, 0.25) is 0 Å². The quantitative estimate of drug-likeness (QED) is 0.0308. The van der Waals surface area contributed by atoms with Crippen molar-refractivity contribution < 1.29 is 85.3 Å². The number of aromatic nitrogens is 4. The van der Waals surface area contributed by atoms with Gasteiger partial charge in [-0.15, -0.1) is 0 Å². The van der Waals surface area contributed by atoms with Crippen LogP contribution in [0, 0.1) is 17.3 Å². The van der Waals surface area contributed by atoms with Gasteiger partial charge in [0.1, 0.15) is 42.0 Å². The summed E-state index contributed by atoms with van der Waals surface area (Å²) >= 11 is 1.13. The van der Waals surface area contributed by atoms with Crippen LogP contribution in [-0.2, 0) is 55.5 Å². The number of carbonyl (C=O) groups is 4. The van der Waals surface area contributed by atoms with Gasteiger partial charge < -0.3 is 50.9 Å². The number of nitrogens with one attached hydrogen (secondary N) is 2. The number of allylic oxidation sites excluding steroid dienone is 2. The van der Waals surface area contributed by atoms with E-state index in [4.69, 9.17) is 19.5 Å². The number of anilines is 1. The van der Waals surface area contributed by atoms with E-state index in [-0.39, 0.29) is 47.5 Å². The van der Waals surface area contributed by atoms with Gasteiger partial charge in [0.05, 0.1) is 19.5 Å². The highest BCUT2D eigenvalue weighted by Gasteiger charge is 2.50. The number of hydrogen-bond donors (Lipinski definition) is 9. The SMILES string of the molecule is CC/C=C\C[C@@H]1C(=O)CC[C@@H]1CCCCCCCC(=O)SCCNC(=O)CCNC(=O)C(O)C(C)(C)COP(=O)(O)OP(=O)(O)OC[C@H]1O[C@@H](n2cnc3c(N)ncnc32)[C@H](O)[C@@H]1OP(=O)(O)O. The molecule has 9 atom stereocenters. The first kappa shape index (κ1) is 57.5. The van der Waals surface area contributed by atoms with Crippen LogP contribution in [0.25, 0.3) is 11.2 Å². The Kier molecular flexibility index (Phi) is 22.4. The summed E-state index contributed by atoms with van der Waals surface area (Å²) in [5.74, 6) is -0.0584. The summed E-state index contributed by atoms with van der Waals surface area (Å²) in [7, 11) is -16.4. The molecule has 3 unspecified atom stereocenters. The number of imidazole rings is 1. The molecule has 10 N–H and O–H groups in total. The van der Waals surface area contributed by atoms with E-state index in [0.29, 0.717) is 30.3 Å². The molecule has 68 heavy (non-hydrogen) atoms. The largest absolute Gasteiger partial charge is 0.481 e. The predicted octanol–water partition coefficient (Wildman–Crippen LogP) is 3.35. The lowest BCUT2D eigenvalue weighted by Gasteiger charge is -2.30. The summed E-state index contributed by atoms with van der Waals surface area (Å²) in [6.07, 6.45) is 7.21. The zero-order valence-corrected chi connectivity index (χ0v) is 41.6. The second-order valence-electron chi connectivity index (χ2n) is 17.1. The van der Waals surface area contributed by atoms with Crippen molar-refractivity contribution in [1.29, 1.82) is 0 Å². The highest BCUT2D eigenvalue weighted by atomic mass is 32.2. The maximum absolute atomic E-state index is 12.7. The number of nitrogen functional groups attached to an aromatic ring is 1. The molecule has 1 saturated heterocycles. The molecule has 2 fully saturated rings. The van der Waals surface area contributed by atoms with Gasteiger partial charge in [-0.25, -0.2) is 28.6 Å². The zero-order valence-electron chi connectivity index (χ0n) is 38.1. The van der Waals surface area contributed by atoms with Crippen LogP contribution in [0.15, 0.2) is 24.8 Å². The molecule has 2 aromatic heterocycles. The van der Waals surface area contributed by atoms with Crippen LogP contribution < -0.4 is 16.4 Å². The number of nitrogens with zero attached hydrogens (tertiary/aromatic N) is 4. The van der Waals surface area contributed by atoms with Crippen molar-refractivity contribution in [3.8, 4) is 0 Å². The molecular weight excluding hydrogens is 979 g/mol. The second kappa shape index (κ2) is 26.4. The van der Waals surface area contributed by atoms with Crippen molar-refractivity contribution in [2.24, 2.45) is 17.3 Å². The van der Waals surface area contributed by atoms with Crippen LogP contribution in [0.4, 0.5) is 5.82 Å². The third-order valence-corrected chi connectivity index (χ3v) is 15.3. The summed E-state index contributed by atoms with van der Waals surface area (Å²) in [6, 6.07) is 0. The monoisotopic (exact) mass is 1040 g/mol. The zero-order chi connectivity index (χ0) is 50.3. The summed E-state index contributed by atoms with van der Waals surface area (Å²) < 4.78 is 62.4. The third kappa shape index (κ3) is 18.3. The number of amides is 2. The number of ether oxygens (including phenoxy) is 1. The normalized spacial score (nSPS) is 23.5. The van der Waals surface area contributed by atoms with E-state index in [1.807, 2.05) is 0 Å². The van der Waals surface area contributed by atoms with Gasteiger partial charge in [-0.2, -0.15) is 4.31 Å². The fourth-order valence-corrected chi connectivity index (χ4v) is 11.2. The first-order valence-corrected chi connectivity index (χ1v) is 27.7. The van der Waals surface area contributed by atoms with E-state index in [1.165, 1.54) is 13.8 Å². The third-order valence-electron chi connectivity index (χ3n) is 11.3. The predicted molar refractivity (Wildman–Crippen MR) is 245 cm³/mol. The van der Waals surface area contributed by atoms with E-state index in [2.05, 4.69) is 53.5 Å². The number of unbranched alkanes of at least 4 members (excludes halogenated alkanes) is 4. The Bertz CT molecular complexity index is 2200. The Labute approximate surface area is 397 Å². The highest BCUT2D eigenvalue weighted by Crippen LogP contribution is 2.61. The van der Waals surface area contributed by atoms with Gasteiger partial charge in [-0.1, -0.05) is 70.4 Å². The first-order chi connectivity index (χ1) is 31.9. The molecule has 29 heteroatoms. The van der Waals surface area contributed by atoms with Gasteiger partial charge in [-0.05, 0) is 38.0 Å². The Morgan fingerprint density at radius 3 is 2.43 bits per heavy atom. The van der Waals surface area contributed by atoms with Gasteiger partial charge in [0, 0.05) is 49.4 Å². The number of thioether (sulfide) groups is 1. The molecule has 25 nitrogen and oxygen atoms in total. The Morgan fingerprint density at radius 1 is 1.00 bits per heavy atom. The van der Waals surface area contributed by atoms with E-state index in [0.717, 1.165) is 86.8 Å². The summed E-state index contributed by atoms with van der Waals surface area (Å²) in [5, 5.41) is 26.6. The minimum absolute atomic E-state index is 0.0291. The molecule has 384 valence electrons. The number of Topliss-reactive ketones (excluding diaryl/α,β-unsaturated/α-hetero) is 1. The Morgan fingerprint density at radius 2 is 1.71 bits per heavy atom. The number of aliphatic hydroxyl groups excluding tert-OH is 2. The Balaban J connectivity index is 1.09. The summed E-state index contributed by atoms with van der Waals surface area (Å²) in [4.78, 5) is 101. The molecule has 2 aliphatic rings. The second-order valence-corrected chi connectivity index (χ2v) is 22.5. The fourth-order valence-electron chi connectivity index (χ4n) is 7.63. The lowest BCUT2D eigenvalue weighted by atomic mass is 9.87. The average molecular weight is 1040 g/mol.